The number of rotatable bonds is 4. The minimum atomic E-state index is -4.74. The van der Waals surface area contributed by atoms with Crippen molar-refractivity contribution in [3.63, 3.8) is 0 Å². The molecule has 3 aromatic rings. The fourth-order valence-corrected chi connectivity index (χ4v) is 3.88. The Hall–Kier alpha value is -3.81. The molecule has 1 amide bonds. The van der Waals surface area contributed by atoms with Gasteiger partial charge < -0.3 is 9.47 Å². The molecule has 162 valence electrons. The maximum atomic E-state index is 12.7. The summed E-state index contributed by atoms with van der Waals surface area (Å²) in [4.78, 5) is 18.7. The molecule has 1 aliphatic carbocycles. The predicted molar refractivity (Wildman–Crippen MR) is 110 cm³/mol. The molecule has 0 fully saturated rings. The van der Waals surface area contributed by atoms with Gasteiger partial charge in [-0.2, -0.15) is 0 Å². The van der Waals surface area contributed by atoms with Crippen molar-refractivity contribution >= 4 is 6.09 Å². The van der Waals surface area contributed by atoms with Crippen LogP contribution in [0.5, 0.6) is 11.5 Å². The number of aryl methyl sites for hydroxylation is 1. The van der Waals surface area contributed by atoms with Crippen molar-refractivity contribution in [1.29, 1.82) is 0 Å². The molecular formula is C24H17F3N2O3. The van der Waals surface area contributed by atoms with Gasteiger partial charge in [-0.05, 0) is 72.2 Å². The van der Waals surface area contributed by atoms with Crippen molar-refractivity contribution in [2.45, 2.75) is 25.4 Å². The van der Waals surface area contributed by atoms with Crippen LogP contribution < -0.4 is 9.47 Å². The van der Waals surface area contributed by atoms with Crippen LogP contribution in [0.15, 0.2) is 72.9 Å². The van der Waals surface area contributed by atoms with E-state index in [0.717, 1.165) is 22.4 Å². The fourth-order valence-electron chi connectivity index (χ4n) is 3.88. The Kier molecular flexibility index (Phi) is 4.47. The quantitative estimate of drug-likeness (QED) is 0.488. The largest absolute Gasteiger partial charge is 0.573 e. The number of carbonyl (C=O) groups is 1. The van der Waals surface area contributed by atoms with Gasteiger partial charge in [-0.25, -0.2) is 4.79 Å². The number of ether oxygens (including phenoxy) is 2. The molecular weight excluding hydrogens is 421 g/mol. The van der Waals surface area contributed by atoms with Crippen molar-refractivity contribution in [3.8, 4) is 22.6 Å². The van der Waals surface area contributed by atoms with E-state index in [1.807, 2.05) is 36.4 Å². The highest BCUT2D eigenvalue weighted by atomic mass is 19.4. The molecule has 1 aliphatic heterocycles. The summed E-state index contributed by atoms with van der Waals surface area (Å²) < 4.78 is 47.2. The third-order valence-electron chi connectivity index (χ3n) is 5.54. The lowest BCUT2D eigenvalue weighted by molar-refractivity contribution is -0.274. The maximum Gasteiger partial charge on any atom is 0.573 e. The first-order valence-electron chi connectivity index (χ1n) is 9.86. The molecule has 8 heteroatoms. The first kappa shape index (κ1) is 20.1. The van der Waals surface area contributed by atoms with Gasteiger partial charge in [0.25, 0.3) is 0 Å². The van der Waals surface area contributed by atoms with Gasteiger partial charge >= 0.3 is 12.5 Å². The summed E-state index contributed by atoms with van der Waals surface area (Å²) in [6, 6.07) is 15.4. The normalized spacial score (nSPS) is 16.4. The van der Waals surface area contributed by atoms with E-state index in [9.17, 15) is 18.0 Å². The van der Waals surface area contributed by atoms with Crippen molar-refractivity contribution in [2.24, 2.45) is 0 Å². The number of hydrogen-bond acceptors (Lipinski definition) is 4. The van der Waals surface area contributed by atoms with Gasteiger partial charge in [0.15, 0.2) is 0 Å². The first-order chi connectivity index (χ1) is 15.2. The summed E-state index contributed by atoms with van der Waals surface area (Å²) in [6.45, 7) is 1.86. The van der Waals surface area contributed by atoms with E-state index in [0.29, 0.717) is 17.9 Å². The molecule has 1 aromatic heterocycles. The Balaban J connectivity index is 1.44. The first-order valence-corrected chi connectivity index (χ1v) is 9.86. The van der Waals surface area contributed by atoms with E-state index >= 15 is 0 Å². The lowest BCUT2D eigenvalue weighted by Gasteiger charge is -2.35. The van der Waals surface area contributed by atoms with E-state index in [-0.39, 0.29) is 5.75 Å². The van der Waals surface area contributed by atoms with Crippen LogP contribution in [0, 0.1) is 6.92 Å². The predicted octanol–water partition coefficient (Wildman–Crippen LogP) is 5.74. The van der Waals surface area contributed by atoms with Crippen molar-refractivity contribution in [2.75, 3.05) is 0 Å². The zero-order valence-electron chi connectivity index (χ0n) is 16.9. The smallest absolute Gasteiger partial charge is 0.410 e. The van der Waals surface area contributed by atoms with Gasteiger partial charge in [-0.1, -0.05) is 18.2 Å². The van der Waals surface area contributed by atoms with Crippen molar-refractivity contribution in [1.82, 2.24) is 9.88 Å². The third-order valence-corrected chi connectivity index (χ3v) is 5.54. The molecule has 2 aromatic carbocycles. The summed E-state index contributed by atoms with van der Waals surface area (Å²) in [6.07, 6.45) is 0.256. The number of amides is 1. The van der Waals surface area contributed by atoms with Crippen molar-refractivity contribution in [3.05, 3.63) is 89.8 Å². The molecule has 5 nitrogen and oxygen atoms in total. The van der Waals surface area contributed by atoms with E-state index in [4.69, 9.17) is 4.74 Å². The monoisotopic (exact) mass is 438 g/mol. The standard InChI is InChI=1S/C24H17F3N2O3/c1-15-12-16(5-7-19(15)32-24(25,26)27)17-6-8-20-18(13-17)14-29(22(30)31-20)23(9-10-23)21-4-2-3-11-28-21/h2-13H,14H2,1H3. The molecule has 0 saturated carbocycles. The Labute approximate surface area is 181 Å². The molecule has 0 spiro atoms. The number of halogens is 3. The number of aromatic nitrogens is 1. The molecule has 2 aliphatic rings. The lowest BCUT2D eigenvalue weighted by Crippen LogP contribution is -2.45. The maximum absolute atomic E-state index is 12.7. The number of benzene rings is 2. The van der Waals surface area contributed by atoms with Crippen LogP contribution in [-0.2, 0) is 12.1 Å². The summed E-state index contributed by atoms with van der Waals surface area (Å²) in [7, 11) is 0. The molecule has 0 bridgehead atoms. The molecule has 0 saturated heterocycles. The van der Waals surface area contributed by atoms with Gasteiger partial charge in [0, 0.05) is 11.8 Å². The number of hydrogen-bond donors (Lipinski definition) is 0. The molecule has 32 heavy (non-hydrogen) atoms. The van der Waals surface area contributed by atoms with E-state index in [1.165, 1.54) is 6.07 Å². The SMILES string of the molecule is Cc1cc(-c2ccc3c(c2)CN(C2(c4ccccn4)C=C2)C(=O)O3)ccc1OC(F)(F)F. The number of pyridine rings is 1. The van der Waals surface area contributed by atoms with Crippen LogP contribution in [0.25, 0.3) is 11.1 Å². The highest BCUT2D eigenvalue weighted by Gasteiger charge is 2.48. The average Bonchev–Trinajstić information content (AvgIpc) is 3.56. The summed E-state index contributed by atoms with van der Waals surface area (Å²) >= 11 is 0. The average molecular weight is 438 g/mol. The highest BCUT2D eigenvalue weighted by molar-refractivity contribution is 5.78. The minimum absolute atomic E-state index is 0.239. The third kappa shape index (κ3) is 3.57. The Morgan fingerprint density at radius 2 is 1.81 bits per heavy atom. The number of carbonyl (C=O) groups excluding carboxylic acids is 1. The van der Waals surface area contributed by atoms with Gasteiger partial charge in [0.05, 0.1) is 12.2 Å². The van der Waals surface area contributed by atoms with Crippen LogP contribution >= 0.6 is 0 Å². The fraction of sp³-hybridized carbons (Fsp3) is 0.167. The number of alkyl halides is 3. The van der Waals surface area contributed by atoms with Crippen molar-refractivity contribution < 1.29 is 27.4 Å². The number of fused-ring (bicyclic) bond motifs is 1. The Morgan fingerprint density at radius 1 is 1.06 bits per heavy atom. The van der Waals surface area contributed by atoms with Gasteiger partial charge in [0.2, 0.25) is 0 Å². The minimum Gasteiger partial charge on any atom is -0.410 e. The summed E-state index contributed by atoms with van der Waals surface area (Å²) in [5.41, 5.74) is 2.69. The molecule has 5 rings (SSSR count). The Morgan fingerprint density at radius 3 is 2.47 bits per heavy atom. The van der Waals surface area contributed by atoms with E-state index < -0.39 is 18.0 Å². The second kappa shape index (κ2) is 7.12. The highest BCUT2D eigenvalue weighted by Crippen LogP contribution is 2.45. The summed E-state index contributed by atoms with van der Waals surface area (Å²) in [5.74, 6) is 0.219. The molecule has 0 radical (unpaired) electrons. The molecule has 0 atom stereocenters. The van der Waals surface area contributed by atoms with Crippen LogP contribution in [0.3, 0.4) is 0 Å². The van der Waals surface area contributed by atoms with Gasteiger partial charge in [-0.3, -0.25) is 9.88 Å². The molecule has 0 unspecified atom stereocenters. The Bertz CT molecular complexity index is 1230. The zero-order valence-corrected chi connectivity index (χ0v) is 16.9. The second-order valence-corrected chi connectivity index (χ2v) is 7.68. The second-order valence-electron chi connectivity index (χ2n) is 7.68. The van der Waals surface area contributed by atoms with E-state index in [1.54, 1.807) is 42.3 Å². The van der Waals surface area contributed by atoms with E-state index in [2.05, 4.69) is 9.72 Å². The zero-order chi connectivity index (χ0) is 22.5. The van der Waals surface area contributed by atoms with Crippen LogP contribution in [0.4, 0.5) is 18.0 Å². The molecule has 0 N–H and O–H groups in total. The van der Waals surface area contributed by atoms with Gasteiger partial charge in [0.1, 0.15) is 17.0 Å². The lowest BCUT2D eigenvalue weighted by atomic mass is 9.98. The number of nitrogens with zero attached hydrogens (tertiary/aromatic N) is 2. The molecule has 2 heterocycles. The topological polar surface area (TPSA) is 51.7 Å². The summed E-state index contributed by atoms with van der Waals surface area (Å²) in [5, 5.41) is 0. The van der Waals surface area contributed by atoms with Gasteiger partial charge in [-0.15, -0.1) is 13.2 Å². The van der Waals surface area contributed by atoms with Crippen LogP contribution in [0.2, 0.25) is 0 Å². The van der Waals surface area contributed by atoms with Crippen LogP contribution in [-0.4, -0.2) is 22.3 Å². The van der Waals surface area contributed by atoms with Crippen LogP contribution in [0.1, 0.15) is 16.8 Å².